The smallest absolute Gasteiger partial charge is 0.189 e. The minimum Gasteiger partial charge on any atom is -0.497 e. The minimum absolute atomic E-state index is 0.0157. The number of ether oxygens (including phenoxy) is 2. The van der Waals surface area contributed by atoms with Crippen LogP contribution in [-0.4, -0.2) is 26.0 Å². The molecule has 1 heterocycles. The molecule has 0 bridgehead atoms. The van der Waals surface area contributed by atoms with Gasteiger partial charge in [0.05, 0.1) is 25.8 Å². The zero-order chi connectivity index (χ0) is 14.8. The van der Waals surface area contributed by atoms with Crippen LogP contribution in [0.1, 0.15) is 15.9 Å². The summed E-state index contributed by atoms with van der Waals surface area (Å²) in [7, 11) is 3.15. The maximum Gasteiger partial charge on any atom is 0.189 e. The number of rotatable bonds is 4. The SMILES string of the molecule is COc1ccc(OC)c(C(=O)C2Cc3ccccc3N2)c1. The fourth-order valence-electron chi connectivity index (χ4n) is 2.65. The molecule has 1 N–H and O–H groups in total. The van der Waals surface area contributed by atoms with Crippen molar-refractivity contribution in [2.24, 2.45) is 0 Å². The summed E-state index contributed by atoms with van der Waals surface area (Å²) in [5.74, 6) is 1.23. The highest BCUT2D eigenvalue weighted by molar-refractivity contribution is 6.05. The third-order valence-corrected chi connectivity index (χ3v) is 3.76. The molecule has 0 fully saturated rings. The molecule has 0 aromatic heterocycles. The fraction of sp³-hybridized carbons (Fsp3) is 0.235. The Morgan fingerprint density at radius 3 is 2.67 bits per heavy atom. The van der Waals surface area contributed by atoms with Gasteiger partial charge in [0.2, 0.25) is 0 Å². The van der Waals surface area contributed by atoms with E-state index in [1.165, 1.54) is 0 Å². The van der Waals surface area contributed by atoms with Gasteiger partial charge in [0.15, 0.2) is 5.78 Å². The second-order valence-corrected chi connectivity index (χ2v) is 4.99. The molecule has 2 aromatic rings. The van der Waals surface area contributed by atoms with Crippen LogP contribution in [0.5, 0.6) is 11.5 Å². The van der Waals surface area contributed by atoms with Crippen LogP contribution in [0.2, 0.25) is 0 Å². The van der Waals surface area contributed by atoms with Gasteiger partial charge in [-0.1, -0.05) is 18.2 Å². The van der Waals surface area contributed by atoms with Crippen LogP contribution in [0.4, 0.5) is 5.69 Å². The zero-order valence-electron chi connectivity index (χ0n) is 12.1. The van der Waals surface area contributed by atoms with Crippen molar-refractivity contribution < 1.29 is 14.3 Å². The Morgan fingerprint density at radius 1 is 1.14 bits per heavy atom. The van der Waals surface area contributed by atoms with Gasteiger partial charge in [-0.2, -0.15) is 0 Å². The van der Waals surface area contributed by atoms with Crippen molar-refractivity contribution in [3.05, 3.63) is 53.6 Å². The van der Waals surface area contributed by atoms with Gasteiger partial charge in [0, 0.05) is 12.1 Å². The molecule has 0 aliphatic carbocycles. The van der Waals surface area contributed by atoms with Gasteiger partial charge in [-0.25, -0.2) is 0 Å². The van der Waals surface area contributed by atoms with E-state index in [4.69, 9.17) is 9.47 Å². The number of carbonyl (C=O) groups is 1. The number of fused-ring (bicyclic) bond motifs is 1. The average Bonchev–Trinajstić information content (AvgIpc) is 2.97. The van der Waals surface area contributed by atoms with Gasteiger partial charge in [0.25, 0.3) is 0 Å². The highest BCUT2D eigenvalue weighted by Crippen LogP contribution is 2.30. The Kier molecular flexibility index (Phi) is 3.52. The summed E-state index contributed by atoms with van der Waals surface area (Å²) in [5, 5.41) is 3.28. The summed E-state index contributed by atoms with van der Waals surface area (Å²) in [6.07, 6.45) is 0.690. The quantitative estimate of drug-likeness (QED) is 0.876. The second kappa shape index (κ2) is 5.48. The van der Waals surface area contributed by atoms with E-state index >= 15 is 0 Å². The lowest BCUT2D eigenvalue weighted by Crippen LogP contribution is -2.27. The first-order chi connectivity index (χ1) is 10.2. The molecule has 0 saturated heterocycles. The number of hydrogen-bond donors (Lipinski definition) is 1. The third-order valence-electron chi connectivity index (χ3n) is 3.76. The molecule has 4 nitrogen and oxygen atoms in total. The zero-order valence-corrected chi connectivity index (χ0v) is 12.1. The van der Waals surface area contributed by atoms with Crippen LogP contribution < -0.4 is 14.8 Å². The molecule has 0 saturated carbocycles. The number of hydrogen-bond acceptors (Lipinski definition) is 4. The Bertz CT molecular complexity index is 656. The number of methoxy groups -OCH3 is 2. The molecule has 0 amide bonds. The third kappa shape index (κ3) is 2.44. The van der Waals surface area contributed by atoms with Crippen LogP contribution >= 0.6 is 0 Å². The predicted octanol–water partition coefficient (Wildman–Crippen LogP) is 2.92. The predicted molar refractivity (Wildman–Crippen MR) is 81.4 cm³/mol. The molecule has 0 radical (unpaired) electrons. The van der Waals surface area contributed by atoms with E-state index in [0.29, 0.717) is 23.5 Å². The Hall–Kier alpha value is -2.49. The normalized spacial score (nSPS) is 16.0. The first kappa shape index (κ1) is 13.5. The number of anilines is 1. The van der Waals surface area contributed by atoms with Gasteiger partial charge in [0.1, 0.15) is 11.5 Å². The van der Waals surface area contributed by atoms with E-state index in [-0.39, 0.29) is 11.8 Å². The summed E-state index contributed by atoms with van der Waals surface area (Å²) in [5.41, 5.74) is 2.73. The largest absolute Gasteiger partial charge is 0.497 e. The maximum absolute atomic E-state index is 12.8. The molecule has 108 valence electrons. The molecule has 1 aliphatic heterocycles. The van der Waals surface area contributed by atoms with Crippen LogP contribution in [0, 0.1) is 0 Å². The molecular formula is C17H17NO3. The highest BCUT2D eigenvalue weighted by atomic mass is 16.5. The van der Waals surface area contributed by atoms with Gasteiger partial charge < -0.3 is 14.8 Å². The lowest BCUT2D eigenvalue weighted by atomic mass is 10.00. The van der Waals surface area contributed by atoms with Gasteiger partial charge in [-0.3, -0.25) is 4.79 Å². The molecule has 2 aromatic carbocycles. The molecule has 1 aliphatic rings. The Morgan fingerprint density at radius 2 is 1.95 bits per heavy atom. The van der Waals surface area contributed by atoms with Crippen molar-refractivity contribution in [2.45, 2.75) is 12.5 Å². The van der Waals surface area contributed by atoms with Crippen molar-refractivity contribution in [3.8, 4) is 11.5 Å². The highest BCUT2D eigenvalue weighted by Gasteiger charge is 2.29. The van der Waals surface area contributed by atoms with Crippen LogP contribution in [0.3, 0.4) is 0 Å². The van der Waals surface area contributed by atoms with Crippen LogP contribution in [0.25, 0.3) is 0 Å². The summed E-state index contributed by atoms with van der Waals surface area (Å²) in [4.78, 5) is 12.8. The first-order valence-electron chi connectivity index (χ1n) is 6.83. The average molecular weight is 283 g/mol. The minimum atomic E-state index is -0.261. The monoisotopic (exact) mass is 283 g/mol. The van der Waals surface area contributed by atoms with E-state index in [2.05, 4.69) is 5.32 Å². The lowest BCUT2D eigenvalue weighted by molar-refractivity contribution is 0.0968. The van der Waals surface area contributed by atoms with Gasteiger partial charge in [-0.15, -0.1) is 0 Å². The number of benzene rings is 2. The standard InChI is InChI=1S/C17H17NO3/c1-20-12-7-8-16(21-2)13(10-12)17(19)15-9-11-5-3-4-6-14(11)18-15/h3-8,10,15,18H,9H2,1-2H3. The van der Waals surface area contributed by atoms with E-state index in [1.807, 2.05) is 24.3 Å². The molecular weight excluding hydrogens is 266 g/mol. The van der Waals surface area contributed by atoms with Crippen LogP contribution in [-0.2, 0) is 6.42 Å². The van der Waals surface area contributed by atoms with Gasteiger partial charge in [-0.05, 0) is 29.8 Å². The fourth-order valence-corrected chi connectivity index (χ4v) is 2.65. The van der Waals surface area contributed by atoms with Gasteiger partial charge >= 0.3 is 0 Å². The van der Waals surface area contributed by atoms with Crippen molar-refractivity contribution in [1.82, 2.24) is 0 Å². The topological polar surface area (TPSA) is 47.6 Å². The van der Waals surface area contributed by atoms with E-state index in [0.717, 1.165) is 11.3 Å². The van der Waals surface area contributed by atoms with Crippen molar-refractivity contribution in [2.75, 3.05) is 19.5 Å². The number of ketones is 1. The molecule has 0 spiro atoms. The van der Waals surface area contributed by atoms with E-state index in [1.54, 1.807) is 32.4 Å². The number of Topliss-reactive ketones (excluding diaryl/α,β-unsaturated/α-hetero) is 1. The van der Waals surface area contributed by atoms with E-state index in [9.17, 15) is 4.79 Å². The van der Waals surface area contributed by atoms with Crippen molar-refractivity contribution in [1.29, 1.82) is 0 Å². The molecule has 4 heteroatoms. The summed E-state index contributed by atoms with van der Waals surface area (Å²) in [6.45, 7) is 0. The molecule has 1 unspecified atom stereocenters. The summed E-state index contributed by atoms with van der Waals surface area (Å²) in [6, 6.07) is 13.0. The van der Waals surface area contributed by atoms with Crippen molar-refractivity contribution >= 4 is 11.5 Å². The maximum atomic E-state index is 12.8. The Balaban J connectivity index is 1.90. The number of carbonyl (C=O) groups excluding carboxylic acids is 1. The molecule has 1 atom stereocenters. The molecule has 3 rings (SSSR count). The first-order valence-corrected chi connectivity index (χ1v) is 6.83. The molecule has 21 heavy (non-hydrogen) atoms. The van der Waals surface area contributed by atoms with E-state index < -0.39 is 0 Å². The van der Waals surface area contributed by atoms with Crippen LogP contribution in [0.15, 0.2) is 42.5 Å². The summed E-state index contributed by atoms with van der Waals surface area (Å²) < 4.78 is 10.5. The summed E-state index contributed by atoms with van der Waals surface area (Å²) >= 11 is 0. The van der Waals surface area contributed by atoms with Crippen molar-refractivity contribution in [3.63, 3.8) is 0 Å². The Labute approximate surface area is 123 Å². The number of para-hydroxylation sites is 1. The number of nitrogens with one attached hydrogen (secondary N) is 1. The lowest BCUT2D eigenvalue weighted by Gasteiger charge is -2.14. The second-order valence-electron chi connectivity index (χ2n) is 4.99.